The van der Waals surface area contributed by atoms with E-state index in [1.807, 2.05) is 6.07 Å². The molecule has 18 heavy (non-hydrogen) atoms. The van der Waals surface area contributed by atoms with Crippen molar-refractivity contribution in [3.05, 3.63) is 52.7 Å². The van der Waals surface area contributed by atoms with Gasteiger partial charge in [0.15, 0.2) is 10.4 Å². The van der Waals surface area contributed by atoms with Crippen LogP contribution in [0, 0.1) is 0 Å². The maximum Gasteiger partial charge on any atom is 0.307 e. The molecule has 0 unspecified atom stereocenters. The summed E-state index contributed by atoms with van der Waals surface area (Å²) in [5, 5.41) is 3.98. The number of hydrogen-bond donors (Lipinski definition) is 1. The molecule has 0 saturated heterocycles. The van der Waals surface area contributed by atoms with Crippen LogP contribution in [-0.4, -0.2) is 16.6 Å². The zero-order chi connectivity index (χ0) is 13.0. The van der Waals surface area contributed by atoms with Crippen molar-refractivity contribution < 1.29 is 9.21 Å². The quantitative estimate of drug-likeness (QED) is 0.700. The minimum atomic E-state index is -0.399. The van der Waals surface area contributed by atoms with E-state index in [-0.39, 0.29) is 5.76 Å². The summed E-state index contributed by atoms with van der Waals surface area (Å²) in [5.41, 5.74) is 3.93. The Morgan fingerprint density at radius 2 is 2.28 bits per heavy atom. The molecule has 0 aromatic carbocycles. The summed E-state index contributed by atoms with van der Waals surface area (Å²) < 4.78 is 5.61. The first-order chi connectivity index (χ1) is 8.66. The first kappa shape index (κ1) is 12.5. The largest absolute Gasteiger partial charge is 0.444 e. The molecule has 2 heterocycles. The Hall–Kier alpha value is -1.95. The monoisotopic (exact) mass is 307 g/mol. The van der Waals surface area contributed by atoms with Crippen molar-refractivity contribution >= 4 is 27.5 Å². The van der Waals surface area contributed by atoms with E-state index in [1.54, 1.807) is 37.5 Å². The topological polar surface area (TPSA) is 67.5 Å². The van der Waals surface area contributed by atoms with Crippen molar-refractivity contribution in [1.82, 2.24) is 10.4 Å². The highest BCUT2D eigenvalue weighted by atomic mass is 79.9. The minimum Gasteiger partial charge on any atom is -0.444 e. The lowest BCUT2D eigenvalue weighted by Crippen LogP contribution is -2.18. The molecule has 2 rings (SSSR count). The average molecular weight is 308 g/mol. The molecule has 2 aromatic heterocycles. The number of nitrogens with one attached hydrogen (secondary N) is 1. The number of carbonyl (C=O) groups is 1. The van der Waals surface area contributed by atoms with Crippen LogP contribution in [0.25, 0.3) is 0 Å². The molecule has 0 aliphatic carbocycles. The van der Waals surface area contributed by atoms with Crippen LogP contribution >= 0.6 is 15.9 Å². The lowest BCUT2D eigenvalue weighted by molar-refractivity contribution is 0.0926. The normalized spacial score (nSPS) is 11.3. The first-order valence-corrected chi connectivity index (χ1v) is 5.96. The number of aromatic nitrogens is 1. The summed E-state index contributed by atoms with van der Waals surface area (Å²) >= 11 is 3.13. The minimum absolute atomic E-state index is 0.199. The van der Waals surface area contributed by atoms with Crippen LogP contribution < -0.4 is 5.43 Å². The van der Waals surface area contributed by atoms with E-state index in [4.69, 9.17) is 4.42 Å². The van der Waals surface area contributed by atoms with Gasteiger partial charge in [-0.1, -0.05) is 6.07 Å². The maximum absolute atomic E-state index is 11.6. The van der Waals surface area contributed by atoms with E-state index in [1.165, 1.54) is 0 Å². The number of hydrogen-bond acceptors (Lipinski definition) is 4. The molecule has 1 amide bonds. The molecule has 1 N–H and O–H groups in total. The number of amides is 1. The maximum atomic E-state index is 11.6. The standard InChI is InChI=1S/C12H10BrN3O2/c1-8(9-3-2-6-14-7-9)15-16-12(17)10-4-5-11(13)18-10/h2-7H,1H3,(H,16,17)/b15-8+. The van der Waals surface area contributed by atoms with E-state index in [0.29, 0.717) is 10.4 Å². The molecule has 0 saturated carbocycles. The van der Waals surface area contributed by atoms with Crippen molar-refractivity contribution in [2.24, 2.45) is 5.10 Å². The Bertz CT molecular complexity index is 578. The van der Waals surface area contributed by atoms with Gasteiger partial charge in [0.05, 0.1) is 5.71 Å². The number of carbonyl (C=O) groups excluding carboxylic acids is 1. The first-order valence-electron chi connectivity index (χ1n) is 5.17. The van der Waals surface area contributed by atoms with Gasteiger partial charge in [0.25, 0.3) is 0 Å². The van der Waals surface area contributed by atoms with Crippen molar-refractivity contribution in [1.29, 1.82) is 0 Å². The SMILES string of the molecule is C/C(=N\NC(=O)c1ccc(Br)o1)c1cccnc1. The predicted octanol–water partition coefficient (Wildman–Crippen LogP) is 2.59. The van der Waals surface area contributed by atoms with Gasteiger partial charge in [-0.15, -0.1) is 0 Å². The highest BCUT2D eigenvalue weighted by Gasteiger charge is 2.09. The lowest BCUT2D eigenvalue weighted by Gasteiger charge is -2.00. The number of pyridine rings is 1. The van der Waals surface area contributed by atoms with Crippen molar-refractivity contribution in [2.45, 2.75) is 6.92 Å². The number of furan rings is 1. The Labute approximate surface area is 112 Å². The highest BCUT2D eigenvalue weighted by molar-refractivity contribution is 9.10. The van der Waals surface area contributed by atoms with Gasteiger partial charge in [-0.05, 0) is 41.1 Å². The molecule has 6 heteroatoms. The fourth-order valence-corrected chi connectivity index (χ4v) is 1.57. The van der Waals surface area contributed by atoms with E-state index < -0.39 is 5.91 Å². The Morgan fingerprint density at radius 1 is 1.44 bits per heavy atom. The van der Waals surface area contributed by atoms with Gasteiger partial charge in [0.2, 0.25) is 0 Å². The fraction of sp³-hybridized carbons (Fsp3) is 0.0833. The zero-order valence-electron chi connectivity index (χ0n) is 9.55. The third-order valence-corrected chi connectivity index (χ3v) is 2.63. The molecule has 0 bridgehead atoms. The number of hydrazone groups is 1. The molecule has 5 nitrogen and oxygen atoms in total. The van der Waals surface area contributed by atoms with Crippen LogP contribution in [0.3, 0.4) is 0 Å². The molecule has 0 fully saturated rings. The third-order valence-electron chi connectivity index (χ3n) is 2.20. The van der Waals surface area contributed by atoms with Crippen LogP contribution in [0.4, 0.5) is 0 Å². The van der Waals surface area contributed by atoms with Gasteiger partial charge in [0, 0.05) is 18.0 Å². The lowest BCUT2D eigenvalue weighted by atomic mass is 10.2. The number of nitrogens with zero attached hydrogens (tertiary/aromatic N) is 2. The molecular formula is C12H10BrN3O2. The summed E-state index contributed by atoms with van der Waals surface area (Å²) in [6.07, 6.45) is 3.35. The van der Waals surface area contributed by atoms with Crippen molar-refractivity contribution in [3.8, 4) is 0 Å². The summed E-state index contributed by atoms with van der Waals surface area (Å²) in [5.74, 6) is -0.200. The van der Waals surface area contributed by atoms with Crippen molar-refractivity contribution in [2.75, 3.05) is 0 Å². The van der Waals surface area contributed by atoms with Gasteiger partial charge < -0.3 is 4.42 Å². The molecule has 0 spiro atoms. The summed E-state index contributed by atoms with van der Waals surface area (Å²) in [6, 6.07) is 6.88. The van der Waals surface area contributed by atoms with Crippen molar-refractivity contribution in [3.63, 3.8) is 0 Å². The van der Waals surface area contributed by atoms with Gasteiger partial charge in [-0.3, -0.25) is 9.78 Å². The van der Waals surface area contributed by atoms with Gasteiger partial charge >= 0.3 is 5.91 Å². The van der Waals surface area contributed by atoms with Crippen LogP contribution in [0.5, 0.6) is 0 Å². The Kier molecular flexibility index (Phi) is 3.88. The number of rotatable bonds is 3. The second-order valence-electron chi connectivity index (χ2n) is 3.48. The second kappa shape index (κ2) is 5.59. The molecule has 0 radical (unpaired) electrons. The molecular weight excluding hydrogens is 298 g/mol. The Morgan fingerprint density at radius 3 is 2.89 bits per heavy atom. The highest BCUT2D eigenvalue weighted by Crippen LogP contribution is 2.13. The van der Waals surface area contributed by atoms with Crippen LogP contribution in [0.15, 0.2) is 50.8 Å². The van der Waals surface area contributed by atoms with E-state index in [9.17, 15) is 4.79 Å². The smallest absolute Gasteiger partial charge is 0.307 e. The average Bonchev–Trinajstić information content (AvgIpc) is 2.83. The Balaban J connectivity index is 2.05. The van der Waals surface area contributed by atoms with Crippen LogP contribution in [0.2, 0.25) is 0 Å². The summed E-state index contributed by atoms with van der Waals surface area (Å²) in [4.78, 5) is 15.6. The molecule has 0 atom stereocenters. The molecule has 0 aliphatic rings. The van der Waals surface area contributed by atoms with Gasteiger partial charge in [-0.25, -0.2) is 5.43 Å². The molecule has 2 aromatic rings. The predicted molar refractivity (Wildman–Crippen MR) is 70.3 cm³/mol. The van der Waals surface area contributed by atoms with Crippen LogP contribution in [-0.2, 0) is 0 Å². The summed E-state index contributed by atoms with van der Waals surface area (Å²) in [6.45, 7) is 1.79. The summed E-state index contributed by atoms with van der Waals surface area (Å²) in [7, 11) is 0. The molecule has 0 aliphatic heterocycles. The number of halogens is 1. The van der Waals surface area contributed by atoms with E-state index in [2.05, 4.69) is 31.4 Å². The molecule has 92 valence electrons. The fourth-order valence-electron chi connectivity index (χ4n) is 1.27. The zero-order valence-corrected chi connectivity index (χ0v) is 11.1. The van der Waals surface area contributed by atoms with Gasteiger partial charge in [0.1, 0.15) is 0 Å². The van der Waals surface area contributed by atoms with Crippen LogP contribution in [0.1, 0.15) is 23.0 Å². The van der Waals surface area contributed by atoms with Gasteiger partial charge in [-0.2, -0.15) is 5.10 Å². The second-order valence-corrected chi connectivity index (χ2v) is 4.27. The third kappa shape index (κ3) is 3.04. The van der Waals surface area contributed by atoms with E-state index >= 15 is 0 Å². The van der Waals surface area contributed by atoms with E-state index in [0.717, 1.165) is 5.56 Å².